The van der Waals surface area contributed by atoms with Gasteiger partial charge < -0.3 is 15.7 Å². The molecule has 23 heavy (non-hydrogen) atoms. The van der Waals surface area contributed by atoms with E-state index in [4.69, 9.17) is 5.11 Å². The molecule has 0 saturated carbocycles. The van der Waals surface area contributed by atoms with Gasteiger partial charge in [-0.05, 0) is 17.7 Å². The van der Waals surface area contributed by atoms with Crippen LogP contribution >= 0.6 is 21.6 Å². The van der Waals surface area contributed by atoms with Gasteiger partial charge in [0.1, 0.15) is 0 Å². The Morgan fingerprint density at radius 2 is 1.70 bits per heavy atom. The Kier molecular flexibility index (Phi) is 9.23. The lowest BCUT2D eigenvalue weighted by atomic mass is 10.1. The molecule has 1 aromatic carbocycles. The van der Waals surface area contributed by atoms with Crippen molar-refractivity contribution in [2.75, 3.05) is 18.1 Å². The van der Waals surface area contributed by atoms with E-state index in [1.165, 1.54) is 17.7 Å². The Hall–Kier alpha value is -1.67. The SMILES string of the molecule is CC(=O)NCc1ccc(C(=O)NCCSSCCC(=O)O)cc1. The first-order valence-corrected chi connectivity index (χ1v) is 9.55. The first-order valence-electron chi connectivity index (χ1n) is 7.07. The van der Waals surface area contributed by atoms with Crippen molar-refractivity contribution >= 4 is 39.4 Å². The lowest BCUT2D eigenvalue weighted by Crippen LogP contribution is -2.25. The zero-order valence-electron chi connectivity index (χ0n) is 12.8. The van der Waals surface area contributed by atoms with Gasteiger partial charge >= 0.3 is 5.97 Å². The molecular formula is C15H20N2O4S2. The van der Waals surface area contributed by atoms with Gasteiger partial charge in [0.2, 0.25) is 5.91 Å². The monoisotopic (exact) mass is 356 g/mol. The first-order chi connectivity index (χ1) is 11.0. The molecule has 0 spiro atoms. The van der Waals surface area contributed by atoms with Crippen molar-refractivity contribution in [2.24, 2.45) is 0 Å². The maximum Gasteiger partial charge on any atom is 0.304 e. The highest BCUT2D eigenvalue weighted by molar-refractivity contribution is 8.76. The molecule has 1 aromatic rings. The minimum atomic E-state index is -0.798. The second-order valence-electron chi connectivity index (χ2n) is 4.65. The molecule has 8 heteroatoms. The molecular weight excluding hydrogens is 336 g/mol. The lowest BCUT2D eigenvalue weighted by molar-refractivity contribution is -0.136. The number of carbonyl (C=O) groups is 3. The van der Waals surface area contributed by atoms with Crippen LogP contribution in [0.15, 0.2) is 24.3 Å². The van der Waals surface area contributed by atoms with Crippen LogP contribution in [0.5, 0.6) is 0 Å². The van der Waals surface area contributed by atoms with E-state index >= 15 is 0 Å². The fourth-order valence-electron chi connectivity index (χ4n) is 1.56. The predicted molar refractivity (Wildman–Crippen MR) is 93.5 cm³/mol. The second kappa shape index (κ2) is 11.0. The van der Waals surface area contributed by atoms with E-state index in [-0.39, 0.29) is 18.2 Å². The zero-order chi connectivity index (χ0) is 17.1. The van der Waals surface area contributed by atoms with Crippen molar-refractivity contribution in [2.45, 2.75) is 19.9 Å². The van der Waals surface area contributed by atoms with Crippen LogP contribution in [-0.4, -0.2) is 40.9 Å². The van der Waals surface area contributed by atoms with Crippen LogP contribution in [0.25, 0.3) is 0 Å². The number of amides is 2. The van der Waals surface area contributed by atoms with Crippen molar-refractivity contribution in [3.05, 3.63) is 35.4 Å². The van der Waals surface area contributed by atoms with Gasteiger partial charge in [-0.1, -0.05) is 33.7 Å². The molecule has 0 atom stereocenters. The van der Waals surface area contributed by atoms with Gasteiger partial charge in [0.05, 0.1) is 6.42 Å². The number of carboxylic acids is 1. The van der Waals surface area contributed by atoms with Gasteiger partial charge in [0.15, 0.2) is 0 Å². The Morgan fingerprint density at radius 3 is 2.30 bits per heavy atom. The maximum atomic E-state index is 11.9. The van der Waals surface area contributed by atoms with Gasteiger partial charge in [0.25, 0.3) is 5.91 Å². The topological polar surface area (TPSA) is 95.5 Å². The number of hydrogen-bond donors (Lipinski definition) is 3. The highest BCUT2D eigenvalue weighted by Crippen LogP contribution is 2.20. The summed E-state index contributed by atoms with van der Waals surface area (Å²) in [6, 6.07) is 7.06. The van der Waals surface area contributed by atoms with E-state index in [0.717, 1.165) is 11.3 Å². The molecule has 2 amide bonds. The molecule has 0 bridgehead atoms. The molecule has 0 aliphatic heterocycles. The third-order valence-electron chi connectivity index (χ3n) is 2.71. The average molecular weight is 356 g/mol. The molecule has 0 aliphatic rings. The summed E-state index contributed by atoms with van der Waals surface area (Å²) in [5.41, 5.74) is 1.50. The van der Waals surface area contributed by atoms with Crippen molar-refractivity contribution in [1.29, 1.82) is 0 Å². The molecule has 0 aliphatic carbocycles. The summed E-state index contributed by atoms with van der Waals surface area (Å²) in [4.78, 5) is 33.1. The summed E-state index contributed by atoms with van der Waals surface area (Å²) >= 11 is 0. The average Bonchev–Trinajstić information content (AvgIpc) is 2.52. The third-order valence-corrected chi connectivity index (χ3v) is 5.12. The summed E-state index contributed by atoms with van der Waals surface area (Å²) in [5.74, 6) is 0.242. The van der Waals surface area contributed by atoms with E-state index in [1.54, 1.807) is 35.1 Å². The minimum absolute atomic E-state index is 0.0921. The van der Waals surface area contributed by atoms with E-state index in [0.29, 0.717) is 24.4 Å². The van der Waals surface area contributed by atoms with E-state index < -0.39 is 5.97 Å². The van der Waals surface area contributed by atoms with Crippen LogP contribution in [-0.2, 0) is 16.1 Å². The quantitative estimate of drug-likeness (QED) is 0.438. The molecule has 0 aromatic heterocycles. The largest absolute Gasteiger partial charge is 0.481 e. The number of benzene rings is 1. The number of carbonyl (C=O) groups excluding carboxylic acids is 2. The van der Waals surface area contributed by atoms with E-state index in [1.807, 2.05) is 0 Å². The van der Waals surface area contributed by atoms with Gasteiger partial charge in [-0.25, -0.2) is 0 Å². The first kappa shape index (κ1) is 19.4. The highest BCUT2D eigenvalue weighted by Gasteiger charge is 2.05. The summed E-state index contributed by atoms with van der Waals surface area (Å²) in [7, 11) is 3.03. The lowest BCUT2D eigenvalue weighted by Gasteiger charge is -2.06. The molecule has 0 radical (unpaired) electrons. The summed E-state index contributed by atoms with van der Waals surface area (Å²) in [5, 5.41) is 14.0. The summed E-state index contributed by atoms with van der Waals surface area (Å²) in [6.07, 6.45) is 0.148. The normalized spacial score (nSPS) is 10.1. The molecule has 6 nitrogen and oxygen atoms in total. The number of carboxylic acid groups (broad SMARTS) is 1. The predicted octanol–water partition coefficient (Wildman–Crippen LogP) is 1.91. The summed E-state index contributed by atoms with van der Waals surface area (Å²) < 4.78 is 0. The van der Waals surface area contributed by atoms with Gasteiger partial charge in [-0.2, -0.15) is 0 Å². The Bertz CT molecular complexity index is 535. The van der Waals surface area contributed by atoms with Crippen LogP contribution in [0.1, 0.15) is 29.3 Å². The number of nitrogens with one attached hydrogen (secondary N) is 2. The fraction of sp³-hybridized carbons (Fsp3) is 0.400. The van der Waals surface area contributed by atoms with Crippen molar-refractivity contribution in [3.8, 4) is 0 Å². The zero-order valence-corrected chi connectivity index (χ0v) is 14.5. The molecule has 1 rings (SSSR count). The van der Waals surface area contributed by atoms with E-state index in [9.17, 15) is 14.4 Å². The van der Waals surface area contributed by atoms with E-state index in [2.05, 4.69) is 10.6 Å². The Labute approximate surface area is 143 Å². The fourth-order valence-corrected chi connectivity index (χ4v) is 3.44. The van der Waals surface area contributed by atoms with Crippen LogP contribution < -0.4 is 10.6 Å². The minimum Gasteiger partial charge on any atom is -0.481 e. The molecule has 0 fully saturated rings. The molecule has 0 unspecified atom stereocenters. The molecule has 0 heterocycles. The Balaban J connectivity index is 2.21. The number of rotatable bonds is 10. The van der Waals surface area contributed by atoms with Crippen LogP contribution in [0.4, 0.5) is 0 Å². The molecule has 126 valence electrons. The van der Waals surface area contributed by atoms with Gasteiger partial charge in [-0.15, -0.1) is 0 Å². The summed E-state index contributed by atoms with van der Waals surface area (Å²) in [6.45, 7) is 2.43. The standard InChI is InChI=1S/C15H20N2O4S2/c1-11(18)17-10-12-2-4-13(5-3-12)15(21)16-7-9-23-22-8-6-14(19)20/h2-5H,6-10H2,1H3,(H,16,21)(H,17,18)(H,19,20). The van der Waals surface area contributed by atoms with Crippen molar-refractivity contribution < 1.29 is 19.5 Å². The van der Waals surface area contributed by atoms with Crippen LogP contribution in [0.3, 0.4) is 0 Å². The van der Waals surface area contributed by atoms with Crippen molar-refractivity contribution in [1.82, 2.24) is 10.6 Å². The Morgan fingerprint density at radius 1 is 1.04 bits per heavy atom. The molecule has 0 saturated heterocycles. The van der Waals surface area contributed by atoms with Crippen molar-refractivity contribution in [3.63, 3.8) is 0 Å². The number of hydrogen-bond acceptors (Lipinski definition) is 5. The second-order valence-corrected chi connectivity index (χ2v) is 7.35. The molecule has 3 N–H and O–H groups in total. The van der Waals surface area contributed by atoms with Gasteiger partial charge in [0, 0.05) is 37.1 Å². The maximum absolute atomic E-state index is 11.9. The van der Waals surface area contributed by atoms with Crippen LogP contribution in [0, 0.1) is 0 Å². The van der Waals surface area contributed by atoms with Gasteiger partial charge in [-0.3, -0.25) is 14.4 Å². The number of aliphatic carboxylic acids is 1. The third kappa shape index (κ3) is 9.14. The highest BCUT2D eigenvalue weighted by atomic mass is 33.1. The smallest absolute Gasteiger partial charge is 0.304 e. The van der Waals surface area contributed by atoms with Crippen LogP contribution in [0.2, 0.25) is 0 Å².